The smallest absolute Gasteiger partial charge is 0.157 e. The Morgan fingerprint density at radius 3 is 2.87 bits per heavy atom. The largest absolute Gasteiger partial charge is 0.376 e. The van der Waals surface area contributed by atoms with Crippen LogP contribution in [0.25, 0.3) is 21.3 Å². The van der Waals surface area contributed by atoms with Crippen LogP contribution in [0.5, 0.6) is 0 Å². The zero-order valence-corrected chi connectivity index (χ0v) is 14.0. The number of hydrogen-bond acceptors (Lipinski definition) is 5. The fraction of sp³-hybridized carbons (Fsp3) is 0.294. The molecule has 0 aliphatic carbocycles. The van der Waals surface area contributed by atoms with Crippen LogP contribution in [0.4, 0.5) is 5.82 Å². The molecule has 4 rings (SSSR count). The van der Waals surface area contributed by atoms with E-state index in [0.717, 1.165) is 58.2 Å². The van der Waals surface area contributed by atoms with Crippen molar-refractivity contribution >= 4 is 38.8 Å². The molecule has 0 spiro atoms. The van der Waals surface area contributed by atoms with Gasteiger partial charge in [0.25, 0.3) is 0 Å². The molecular formula is C17H16ClN3OS. The first-order valence-corrected chi connectivity index (χ1v) is 8.92. The Morgan fingerprint density at radius 1 is 1.22 bits per heavy atom. The lowest BCUT2D eigenvalue weighted by molar-refractivity contribution is 0.120. The van der Waals surface area contributed by atoms with Crippen molar-refractivity contribution in [2.75, 3.05) is 18.5 Å². The second-order valence-electron chi connectivity index (χ2n) is 5.58. The van der Waals surface area contributed by atoms with Gasteiger partial charge in [-0.3, -0.25) is 0 Å². The Labute approximate surface area is 143 Å². The van der Waals surface area contributed by atoms with E-state index in [2.05, 4.69) is 27.0 Å². The van der Waals surface area contributed by atoms with Crippen molar-refractivity contribution in [1.29, 1.82) is 0 Å². The maximum absolute atomic E-state index is 5.97. The third kappa shape index (κ3) is 3.04. The van der Waals surface area contributed by atoms with Gasteiger partial charge < -0.3 is 10.1 Å². The molecule has 23 heavy (non-hydrogen) atoms. The second-order valence-corrected chi connectivity index (χ2v) is 6.94. The number of fused-ring (bicyclic) bond motifs is 1. The number of rotatable bonds is 4. The second kappa shape index (κ2) is 6.43. The fourth-order valence-electron chi connectivity index (χ4n) is 2.82. The molecule has 2 aromatic heterocycles. The molecule has 1 saturated heterocycles. The fourth-order valence-corrected chi connectivity index (χ4v) is 3.85. The summed E-state index contributed by atoms with van der Waals surface area (Å²) in [6.07, 6.45) is 2.53. The molecule has 1 aliphatic rings. The molecule has 6 heteroatoms. The highest BCUT2D eigenvalue weighted by Crippen LogP contribution is 2.34. The number of anilines is 1. The molecular weight excluding hydrogens is 330 g/mol. The number of ether oxygens (including phenoxy) is 1. The number of hydrogen-bond donors (Lipinski definition) is 1. The number of nitrogens with zero attached hydrogens (tertiary/aromatic N) is 2. The van der Waals surface area contributed by atoms with Crippen LogP contribution in [0.2, 0.25) is 5.02 Å². The highest BCUT2D eigenvalue weighted by Gasteiger charge is 2.17. The highest BCUT2D eigenvalue weighted by molar-refractivity contribution is 7.17. The third-order valence-corrected chi connectivity index (χ3v) is 5.20. The van der Waals surface area contributed by atoms with Crippen molar-refractivity contribution in [3.8, 4) is 11.3 Å². The molecule has 3 aromatic rings. The molecule has 1 N–H and O–H groups in total. The summed E-state index contributed by atoms with van der Waals surface area (Å²) in [5.74, 6) is 0.828. The van der Waals surface area contributed by atoms with Crippen LogP contribution < -0.4 is 5.32 Å². The molecule has 4 nitrogen and oxygen atoms in total. The van der Waals surface area contributed by atoms with Gasteiger partial charge in [-0.1, -0.05) is 23.7 Å². The first kappa shape index (κ1) is 14.9. The van der Waals surface area contributed by atoms with Crippen molar-refractivity contribution in [3.63, 3.8) is 0 Å². The van der Waals surface area contributed by atoms with Crippen molar-refractivity contribution < 1.29 is 4.74 Å². The summed E-state index contributed by atoms with van der Waals surface area (Å²) in [6, 6.07) is 9.80. The first-order chi connectivity index (χ1) is 11.3. The molecule has 1 aromatic carbocycles. The Hall–Kier alpha value is -1.69. The van der Waals surface area contributed by atoms with Gasteiger partial charge in [-0.2, -0.15) is 0 Å². The summed E-state index contributed by atoms with van der Waals surface area (Å²) in [5, 5.41) is 16.1. The first-order valence-electron chi connectivity index (χ1n) is 7.66. The Kier molecular flexibility index (Phi) is 4.16. The zero-order chi connectivity index (χ0) is 15.6. The average molecular weight is 346 g/mol. The molecule has 0 amide bonds. The van der Waals surface area contributed by atoms with E-state index in [1.54, 1.807) is 11.3 Å². The van der Waals surface area contributed by atoms with Gasteiger partial charge in [0.2, 0.25) is 0 Å². The van der Waals surface area contributed by atoms with Crippen LogP contribution in [0, 0.1) is 0 Å². The van der Waals surface area contributed by atoms with E-state index in [4.69, 9.17) is 16.3 Å². The summed E-state index contributed by atoms with van der Waals surface area (Å²) in [6.45, 7) is 1.64. The Balaban J connectivity index is 1.65. The van der Waals surface area contributed by atoms with Crippen LogP contribution in [0.1, 0.15) is 12.8 Å². The monoisotopic (exact) mass is 345 g/mol. The van der Waals surface area contributed by atoms with E-state index in [1.165, 1.54) is 0 Å². The van der Waals surface area contributed by atoms with E-state index >= 15 is 0 Å². The van der Waals surface area contributed by atoms with Gasteiger partial charge in [-0.05, 0) is 36.4 Å². The Bertz CT molecular complexity index is 812. The van der Waals surface area contributed by atoms with Gasteiger partial charge in [0.1, 0.15) is 5.69 Å². The van der Waals surface area contributed by atoms with Crippen molar-refractivity contribution in [2.45, 2.75) is 18.9 Å². The standard InChI is InChI=1S/C17H16ClN3OS/c18-12-5-3-11(4-6-12)15-16-14(7-9-23-16)17(21-20-15)19-10-13-2-1-8-22-13/h3-7,9,13H,1-2,8,10H2,(H,19,21)/t13-/m1/s1. The molecule has 1 fully saturated rings. The number of benzene rings is 1. The van der Waals surface area contributed by atoms with E-state index in [9.17, 15) is 0 Å². The number of halogens is 1. The number of nitrogens with one attached hydrogen (secondary N) is 1. The van der Waals surface area contributed by atoms with Gasteiger partial charge in [-0.25, -0.2) is 0 Å². The highest BCUT2D eigenvalue weighted by atomic mass is 35.5. The minimum Gasteiger partial charge on any atom is -0.376 e. The summed E-state index contributed by atoms with van der Waals surface area (Å²) < 4.78 is 6.79. The van der Waals surface area contributed by atoms with Gasteiger partial charge in [0.15, 0.2) is 5.82 Å². The molecule has 118 valence electrons. The molecule has 3 heterocycles. The summed E-state index contributed by atoms with van der Waals surface area (Å²) >= 11 is 7.65. The van der Waals surface area contributed by atoms with Crippen molar-refractivity contribution in [1.82, 2.24) is 10.2 Å². The van der Waals surface area contributed by atoms with Crippen molar-refractivity contribution in [3.05, 3.63) is 40.7 Å². The Morgan fingerprint density at radius 2 is 2.09 bits per heavy atom. The van der Waals surface area contributed by atoms with Crippen LogP contribution in [-0.2, 0) is 4.74 Å². The quantitative estimate of drug-likeness (QED) is 0.750. The maximum atomic E-state index is 5.97. The van der Waals surface area contributed by atoms with E-state index in [0.29, 0.717) is 0 Å². The van der Waals surface area contributed by atoms with Gasteiger partial charge in [0, 0.05) is 29.1 Å². The van der Waals surface area contributed by atoms with Gasteiger partial charge in [-0.15, -0.1) is 21.5 Å². The van der Waals surface area contributed by atoms with E-state index in [-0.39, 0.29) is 6.10 Å². The minimum atomic E-state index is 0.279. The van der Waals surface area contributed by atoms with Crippen LogP contribution in [0.15, 0.2) is 35.7 Å². The lowest BCUT2D eigenvalue weighted by atomic mass is 10.1. The molecule has 1 atom stereocenters. The molecule has 0 unspecified atom stereocenters. The minimum absolute atomic E-state index is 0.279. The predicted molar refractivity (Wildman–Crippen MR) is 95.3 cm³/mol. The van der Waals surface area contributed by atoms with Gasteiger partial charge in [0.05, 0.1) is 10.8 Å². The zero-order valence-electron chi connectivity index (χ0n) is 12.5. The normalized spacial score (nSPS) is 17.7. The summed E-state index contributed by atoms with van der Waals surface area (Å²) in [5.41, 5.74) is 1.93. The number of aromatic nitrogens is 2. The predicted octanol–water partition coefficient (Wildman–Crippen LogP) is 4.60. The molecule has 0 bridgehead atoms. The van der Waals surface area contributed by atoms with Crippen LogP contribution in [-0.4, -0.2) is 29.5 Å². The summed E-state index contributed by atoms with van der Waals surface area (Å²) in [4.78, 5) is 0. The lowest BCUT2D eigenvalue weighted by Crippen LogP contribution is -2.19. The number of thiophene rings is 1. The average Bonchev–Trinajstić information content (AvgIpc) is 3.25. The maximum Gasteiger partial charge on any atom is 0.157 e. The summed E-state index contributed by atoms with van der Waals surface area (Å²) in [7, 11) is 0. The van der Waals surface area contributed by atoms with Crippen molar-refractivity contribution in [2.24, 2.45) is 0 Å². The lowest BCUT2D eigenvalue weighted by Gasteiger charge is -2.12. The molecule has 0 radical (unpaired) electrons. The van der Waals surface area contributed by atoms with Crippen LogP contribution in [0.3, 0.4) is 0 Å². The third-order valence-electron chi connectivity index (χ3n) is 4.02. The van der Waals surface area contributed by atoms with E-state index in [1.807, 2.05) is 24.3 Å². The van der Waals surface area contributed by atoms with E-state index < -0.39 is 0 Å². The topological polar surface area (TPSA) is 47.0 Å². The SMILES string of the molecule is Clc1ccc(-c2nnc(NC[C@H]3CCCO3)c3ccsc23)cc1. The van der Waals surface area contributed by atoms with Crippen LogP contribution >= 0.6 is 22.9 Å². The molecule has 0 saturated carbocycles. The molecule has 1 aliphatic heterocycles. The van der Waals surface area contributed by atoms with Gasteiger partial charge >= 0.3 is 0 Å².